The fourth-order valence-electron chi connectivity index (χ4n) is 2.28. The maximum Gasteiger partial charge on any atom is 0.147 e. The Labute approximate surface area is 117 Å². The molecule has 0 aromatic heterocycles. The van der Waals surface area contributed by atoms with Crippen LogP contribution in [0, 0.1) is 6.92 Å². The van der Waals surface area contributed by atoms with E-state index in [1.807, 2.05) is 55.5 Å². The molecule has 0 unspecified atom stereocenters. The highest BCUT2D eigenvalue weighted by Gasteiger charge is 2.11. The van der Waals surface area contributed by atoms with Crippen molar-refractivity contribution in [3.8, 4) is 11.5 Å². The molecule has 0 aliphatic carbocycles. The third kappa shape index (κ3) is 2.14. The second-order valence-electron chi connectivity index (χ2n) is 4.83. The average Bonchev–Trinajstić information content (AvgIpc) is 2.45. The largest absolute Gasteiger partial charge is 0.507 e. The molecule has 3 nitrogen and oxygen atoms in total. The van der Waals surface area contributed by atoms with Gasteiger partial charge in [-0.1, -0.05) is 35.9 Å². The van der Waals surface area contributed by atoms with Gasteiger partial charge in [0.15, 0.2) is 0 Å². The molecule has 3 heteroatoms. The van der Waals surface area contributed by atoms with E-state index in [1.165, 1.54) is 0 Å². The first kappa shape index (κ1) is 12.4. The zero-order valence-corrected chi connectivity index (χ0v) is 11.1. The number of hydrogen-bond acceptors (Lipinski definition) is 3. The number of phenols is 2. The van der Waals surface area contributed by atoms with Crippen LogP contribution >= 0.6 is 0 Å². The SMILES string of the molecule is Cc1ccc2c(O)c(Nc3ccccc3)cc(O)c2c1. The van der Waals surface area contributed by atoms with Crippen LogP contribution in [0.3, 0.4) is 0 Å². The summed E-state index contributed by atoms with van der Waals surface area (Å²) in [6, 6.07) is 16.7. The minimum atomic E-state index is 0.140. The lowest BCUT2D eigenvalue weighted by molar-refractivity contribution is 0.471. The summed E-state index contributed by atoms with van der Waals surface area (Å²) in [6.07, 6.45) is 0. The molecule has 3 N–H and O–H groups in total. The van der Waals surface area contributed by atoms with Gasteiger partial charge in [-0.05, 0) is 25.1 Å². The Morgan fingerprint density at radius 3 is 2.35 bits per heavy atom. The summed E-state index contributed by atoms with van der Waals surface area (Å²) in [6.45, 7) is 1.95. The van der Waals surface area contributed by atoms with E-state index < -0.39 is 0 Å². The van der Waals surface area contributed by atoms with E-state index in [4.69, 9.17) is 0 Å². The smallest absolute Gasteiger partial charge is 0.147 e. The highest BCUT2D eigenvalue weighted by atomic mass is 16.3. The first-order valence-electron chi connectivity index (χ1n) is 6.42. The number of fused-ring (bicyclic) bond motifs is 1. The molecule has 0 amide bonds. The Hall–Kier alpha value is -2.68. The minimum absolute atomic E-state index is 0.140. The lowest BCUT2D eigenvalue weighted by Gasteiger charge is -2.12. The number of anilines is 2. The molecule has 0 aliphatic rings. The molecule has 0 bridgehead atoms. The van der Waals surface area contributed by atoms with Crippen molar-refractivity contribution in [2.24, 2.45) is 0 Å². The highest BCUT2D eigenvalue weighted by molar-refractivity contribution is 5.98. The Kier molecular flexibility index (Phi) is 2.95. The third-order valence-electron chi connectivity index (χ3n) is 3.30. The molecule has 0 atom stereocenters. The summed E-state index contributed by atoms with van der Waals surface area (Å²) in [5.74, 6) is 0.293. The number of para-hydroxylation sites is 1. The molecule has 3 aromatic carbocycles. The number of hydrogen-bond donors (Lipinski definition) is 3. The molecule has 0 saturated carbocycles. The van der Waals surface area contributed by atoms with Crippen LogP contribution in [-0.2, 0) is 0 Å². The Morgan fingerprint density at radius 2 is 1.60 bits per heavy atom. The average molecular weight is 265 g/mol. The van der Waals surface area contributed by atoms with E-state index in [0.29, 0.717) is 16.5 Å². The predicted octanol–water partition coefficient (Wildman–Crippen LogP) is 4.30. The van der Waals surface area contributed by atoms with Crippen LogP contribution in [0.2, 0.25) is 0 Å². The molecule has 0 fully saturated rings. The van der Waals surface area contributed by atoms with Gasteiger partial charge in [0.25, 0.3) is 0 Å². The van der Waals surface area contributed by atoms with Crippen molar-refractivity contribution in [2.45, 2.75) is 6.92 Å². The van der Waals surface area contributed by atoms with Gasteiger partial charge in [-0.2, -0.15) is 0 Å². The van der Waals surface area contributed by atoms with Crippen LogP contribution in [0.15, 0.2) is 54.6 Å². The molecule has 20 heavy (non-hydrogen) atoms. The van der Waals surface area contributed by atoms with E-state index in [2.05, 4.69) is 5.32 Å². The Balaban J connectivity index is 2.13. The molecule has 0 spiro atoms. The van der Waals surface area contributed by atoms with Crippen LogP contribution < -0.4 is 5.32 Å². The molecule has 3 rings (SSSR count). The summed E-state index contributed by atoms with van der Waals surface area (Å²) in [5, 5.41) is 24.9. The number of aryl methyl sites for hydroxylation is 1. The summed E-state index contributed by atoms with van der Waals surface area (Å²) in [7, 11) is 0. The quantitative estimate of drug-likeness (QED) is 0.478. The molecule has 0 heterocycles. The Bertz CT molecular complexity index is 767. The maximum absolute atomic E-state index is 10.4. The van der Waals surface area contributed by atoms with Crippen molar-refractivity contribution in [3.05, 3.63) is 60.2 Å². The predicted molar refractivity (Wildman–Crippen MR) is 81.7 cm³/mol. The van der Waals surface area contributed by atoms with E-state index in [1.54, 1.807) is 6.07 Å². The zero-order valence-electron chi connectivity index (χ0n) is 11.1. The molecule has 0 saturated heterocycles. The van der Waals surface area contributed by atoms with E-state index in [-0.39, 0.29) is 11.5 Å². The molecular weight excluding hydrogens is 250 g/mol. The van der Waals surface area contributed by atoms with Crippen LogP contribution in [0.1, 0.15) is 5.56 Å². The summed E-state index contributed by atoms with van der Waals surface area (Å²) < 4.78 is 0. The Morgan fingerprint density at radius 1 is 0.850 bits per heavy atom. The molecule has 0 radical (unpaired) electrons. The first-order chi connectivity index (χ1) is 9.65. The monoisotopic (exact) mass is 265 g/mol. The molecule has 100 valence electrons. The van der Waals surface area contributed by atoms with Crippen LogP contribution in [0.4, 0.5) is 11.4 Å². The second kappa shape index (κ2) is 4.78. The van der Waals surface area contributed by atoms with Gasteiger partial charge in [-0.3, -0.25) is 0 Å². The van der Waals surface area contributed by atoms with Crippen molar-refractivity contribution in [2.75, 3.05) is 5.32 Å². The fraction of sp³-hybridized carbons (Fsp3) is 0.0588. The van der Waals surface area contributed by atoms with Crippen molar-refractivity contribution >= 4 is 22.1 Å². The van der Waals surface area contributed by atoms with Gasteiger partial charge in [0, 0.05) is 22.5 Å². The number of rotatable bonds is 2. The maximum atomic E-state index is 10.4. The lowest BCUT2D eigenvalue weighted by Crippen LogP contribution is -1.91. The van der Waals surface area contributed by atoms with Gasteiger partial charge in [0.2, 0.25) is 0 Å². The van der Waals surface area contributed by atoms with E-state index >= 15 is 0 Å². The van der Waals surface area contributed by atoms with E-state index in [9.17, 15) is 10.2 Å². The topological polar surface area (TPSA) is 52.5 Å². The van der Waals surface area contributed by atoms with Crippen molar-refractivity contribution in [3.63, 3.8) is 0 Å². The minimum Gasteiger partial charge on any atom is -0.507 e. The highest BCUT2D eigenvalue weighted by Crippen LogP contribution is 2.40. The summed E-state index contributed by atoms with van der Waals surface area (Å²) in [4.78, 5) is 0. The van der Waals surface area contributed by atoms with Crippen LogP contribution in [0.25, 0.3) is 10.8 Å². The molecule has 0 aliphatic heterocycles. The standard InChI is InChI=1S/C17H15NO2/c1-11-7-8-13-14(9-11)16(19)10-15(17(13)20)18-12-5-3-2-4-6-12/h2-10,18-20H,1H3. The van der Waals surface area contributed by atoms with Crippen LogP contribution in [-0.4, -0.2) is 10.2 Å². The molecular formula is C17H15NO2. The van der Waals surface area contributed by atoms with Crippen molar-refractivity contribution in [1.29, 1.82) is 0 Å². The van der Waals surface area contributed by atoms with Crippen molar-refractivity contribution in [1.82, 2.24) is 0 Å². The van der Waals surface area contributed by atoms with Gasteiger partial charge in [0.05, 0.1) is 5.69 Å². The fourth-order valence-corrected chi connectivity index (χ4v) is 2.28. The summed E-state index contributed by atoms with van der Waals surface area (Å²) in [5.41, 5.74) is 2.38. The van der Waals surface area contributed by atoms with E-state index in [0.717, 1.165) is 11.3 Å². The number of phenolic OH excluding ortho intramolecular Hbond substituents is 2. The number of aromatic hydroxyl groups is 2. The van der Waals surface area contributed by atoms with Gasteiger partial charge in [-0.25, -0.2) is 0 Å². The first-order valence-corrected chi connectivity index (χ1v) is 6.42. The van der Waals surface area contributed by atoms with Gasteiger partial charge >= 0.3 is 0 Å². The molecule has 3 aromatic rings. The third-order valence-corrected chi connectivity index (χ3v) is 3.30. The number of nitrogens with one attached hydrogen (secondary N) is 1. The normalized spacial score (nSPS) is 10.7. The van der Waals surface area contributed by atoms with Gasteiger partial charge in [-0.15, -0.1) is 0 Å². The zero-order chi connectivity index (χ0) is 14.1. The summed E-state index contributed by atoms with van der Waals surface area (Å²) >= 11 is 0. The number of benzene rings is 3. The second-order valence-corrected chi connectivity index (χ2v) is 4.83. The van der Waals surface area contributed by atoms with Crippen molar-refractivity contribution < 1.29 is 10.2 Å². The van der Waals surface area contributed by atoms with Crippen LogP contribution in [0.5, 0.6) is 11.5 Å². The van der Waals surface area contributed by atoms with Gasteiger partial charge in [0.1, 0.15) is 11.5 Å². The lowest BCUT2D eigenvalue weighted by atomic mass is 10.0. The van der Waals surface area contributed by atoms with Gasteiger partial charge < -0.3 is 15.5 Å².